The second-order valence-corrected chi connectivity index (χ2v) is 4.57. The zero-order chi connectivity index (χ0) is 11.7. The Kier molecular flexibility index (Phi) is 2.61. The average Bonchev–Trinajstić information content (AvgIpc) is 2.82. The topological polar surface area (TPSA) is 42.4 Å². The lowest BCUT2D eigenvalue weighted by Gasteiger charge is -2.28. The summed E-state index contributed by atoms with van der Waals surface area (Å²) in [4.78, 5) is 2.40. The average molecular weight is 228 g/mol. The molecule has 2 N–H and O–H groups in total. The van der Waals surface area contributed by atoms with Gasteiger partial charge in [-0.3, -0.25) is 4.90 Å². The van der Waals surface area contributed by atoms with Crippen LogP contribution < -0.4 is 5.73 Å². The summed E-state index contributed by atoms with van der Waals surface area (Å²) in [5.74, 6) is 1.03. The van der Waals surface area contributed by atoms with Crippen molar-refractivity contribution in [1.29, 1.82) is 0 Å². The van der Waals surface area contributed by atoms with E-state index in [0.29, 0.717) is 0 Å². The minimum absolute atomic E-state index is 0.864. The number of hydrogen-bond acceptors (Lipinski definition) is 3. The van der Waals surface area contributed by atoms with Gasteiger partial charge in [0.15, 0.2) is 0 Å². The predicted octanol–water partition coefficient (Wildman–Crippen LogP) is 2.42. The molecule has 0 bridgehead atoms. The molecule has 3 heteroatoms. The maximum Gasteiger partial charge on any atom is 0.117 e. The Hall–Kier alpha value is -1.74. The largest absolute Gasteiger partial charge is 0.468 e. The third-order valence-corrected chi connectivity index (χ3v) is 3.28. The molecule has 0 saturated heterocycles. The second-order valence-electron chi connectivity index (χ2n) is 4.57. The van der Waals surface area contributed by atoms with Crippen LogP contribution in [0.3, 0.4) is 0 Å². The first-order valence-corrected chi connectivity index (χ1v) is 5.93. The Labute approximate surface area is 101 Å². The lowest BCUT2D eigenvalue weighted by Crippen LogP contribution is -2.29. The van der Waals surface area contributed by atoms with E-state index in [1.165, 1.54) is 11.1 Å². The quantitative estimate of drug-likeness (QED) is 0.803. The highest BCUT2D eigenvalue weighted by Crippen LogP contribution is 2.22. The predicted molar refractivity (Wildman–Crippen MR) is 67.4 cm³/mol. The zero-order valence-corrected chi connectivity index (χ0v) is 9.73. The van der Waals surface area contributed by atoms with E-state index in [0.717, 1.165) is 37.5 Å². The van der Waals surface area contributed by atoms with Gasteiger partial charge in [0.1, 0.15) is 5.76 Å². The summed E-state index contributed by atoms with van der Waals surface area (Å²) in [5, 5.41) is 0. The van der Waals surface area contributed by atoms with Crippen LogP contribution in [0.15, 0.2) is 41.0 Å². The van der Waals surface area contributed by atoms with Crippen LogP contribution in [0, 0.1) is 0 Å². The fraction of sp³-hybridized carbons (Fsp3) is 0.286. The minimum Gasteiger partial charge on any atom is -0.468 e. The monoisotopic (exact) mass is 228 g/mol. The Balaban J connectivity index is 1.74. The molecule has 2 aromatic rings. The van der Waals surface area contributed by atoms with Crippen LogP contribution >= 0.6 is 0 Å². The first-order chi connectivity index (χ1) is 8.31. The van der Waals surface area contributed by atoms with E-state index >= 15 is 0 Å². The van der Waals surface area contributed by atoms with Crippen LogP contribution in [0.4, 0.5) is 5.69 Å². The summed E-state index contributed by atoms with van der Waals surface area (Å²) in [7, 11) is 0. The number of benzene rings is 1. The van der Waals surface area contributed by atoms with Crippen molar-refractivity contribution in [3.05, 3.63) is 53.5 Å². The van der Waals surface area contributed by atoms with Gasteiger partial charge in [0.25, 0.3) is 0 Å². The van der Waals surface area contributed by atoms with Crippen molar-refractivity contribution in [2.24, 2.45) is 0 Å². The Morgan fingerprint density at radius 1 is 1.24 bits per heavy atom. The van der Waals surface area contributed by atoms with E-state index in [2.05, 4.69) is 17.0 Å². The number of fused-ring (bicyclic) bond motifs is 1. The van der Waals surface area contributed by atoms with Crippen LogP contribution in [-0.2, 0) is 19.5 Å². The molecule has 3 nitrogen and oxygen atoms in total. The molecular formula is C14H16N2O. The van der Waals surface area contributed by atoms with Crippen LogP contribution in [0.1, 0.15) is 16.9 Å². The Morgan fingerprint density at radius 2 is 2.18 bits per heavy atom. The number of nitrogens with zero attached hydrogens (tertiary/aromatic N) is 1. The number of anilines is 1. The SMILES string of the molecule is Nc1ccc2c(c1)CCN(Cc1ccco1)C2. The van der Waals surface area contributed by atoms with Gasteiger partial charge in [-0.2, -0.15) is 0 Å². The Bertz CT molecular complexity index is 505. The van der Waals surface area contributed by atoms with E-state index in [4.69, 9.17) is 10.2 Å². The summed E-state index contributed by atoms with van der Waals surface area (Å²) in [5.41, 5.74) is 9.44. The van der Waals surface area contributed by atoms with E-state index in [-0.39, 0.29) is 0 Å². The van der Waals surface area contributed by atoms with E-state index in [9.17, 15) is 0 Å². The molecular weight excluding hydrogens is 212 g/mol. The van der Waals surface area contributed by atoms with Gasteiger partial charge in [-0.1, -0.05) is 6.07 Å². The van der Waals surface area contributed by atoms with Crippen LogP contribution in [0.25, 0.3) is 0 Å². The van der Waals surface area contributed by atoms with E-state index in [1.807, 2.05) is 18.2 Å². The minimum atomic E-state index is 0.864. The molecule has 0 atom stereocenters. The molecule has 0 saturated carbocycles. The summed E-state index contributed by atoms with van der Waals surface area (Å²) in [6, 6.07) is 10.2. The zero-order valence-electron chi connectivity index (χ0n) is 9.73. The van der Waals surface area contributed by atoms with Gasteiger partial charge in [0.2, 0.25) is 0 Å². The fourth-order valence-corrected chi connectivity index (χ4v) is 2.39. The van der Waals surface area contributed by atoms with Crippen molar-refractivity contribution in [3.63, 3.8) is 0 Å². The van der Waals surface area contributed by atoms with Gasteiger partial charge in [-0.15, -0.1) is 0 Å². The molecule has 0 amide bonds. The summed E-state index contributed by atoms with van der Waals surface area (Å²) < 4.78 is 5.38. The molecule has 1 aliphatic rings. The number of nitrogens with two attached hydrogens (primary N) is 1. The molecule has 0 fully saturated rings. The first kappa shape index (κ1) is 10.4. The molecule has 3 rings (SSSR count). The highest BCUT2D eigenvalue weighted by Gasteiger charge is 2.16. The van der Waals surface area contributed by atoms with Crippen molar-refractivity contribution in [1.82, 2.24) is 4.90 Å². The van der Waals surface area contributed by atoms with Gasteiger partial charge in [0, 0.05) is 18.8 Å². The number of rotatable bonds is 2. The molecule has 0 radical (unpaired) electrons. The lowest BCUT2D eigenvalue weighted by atomic mass is 9.99. The highest BCUT2D eigenvalue weighted by molar-refractivity contribution is 5.45. The third-order valence-electron chi connectivity index (χ3n) is 3.28. The van der Waals surface area contributed by atoms with E-state index in [1.54, 1.807) is 6.26 Å². The molecule has 17 heavy (non-hydrogen) atoms. The molecule has 0 unspecified atom stereocenters. The molecule has 1 aliphatic heterocycles. The summed E-state index contributed by atoms with van der Waals surface area (Å²) in [6.07, 6.45) is 2.80. The van der Waals surface area contributed by atoms with Crippen molar-refractivity contribution >= 4 is 5.69 Å². The fourth-order valence-electron chi connectivity index (χ4n) is 2.39. The van der Waals surface area contributed by atoms with Crippen LogP contribution in [0.2, 0.25) is 0 Å². The van der Waals surface area contributed by atoms with Gasteiger partial charge >= 0.3 is 0 Å². The third kappa shape index (κ3) is 2.19. The summed E-state index contributed by atoms with van der Waals surface area (Å²) >= 11 is 0. The van der Waals surface area contributed by atoms with Gasteiger partial charge in [-0.05, 0) is 41.8 Å². The molecule has 88 valence electrons. The molecule has 2 heterocycles. The normalized spacial score (nSPS) is 15.8. The number of furan rings is 1. The standard InChI is InChI=1S/C14H16N2O/c15-13-4-3-12-9-16(6-5-11(12)8-13)10-14-2-1-7-17-14/h1-4,7-8H,5-6,9-10,15H2. The molecule has 0 spiro atoms. The molecule has 1 aromatic heterocycles. The van der Waals surface area contributed by atoms with Gasteiger partial charge in [0.05, 0.1) is 12.8 Å². The van der Waals surface area contributed by atoms with Crippen molar-refractivity contribution in [3.8, 4) is 0 Å². The lowest BCUT2D eigenvalue weighted by molar-refractivity contribution is 0.226. The second kappa shape index (κ2) is 4.26. The highest BCUT2D eigenvalue weighted by atomic mass is 16.3. The van der Waals surface area contributed by atoms with Crippen molar-refractivity contribution in [2.45, 2.75) is 19.5 Å². The van der Waals surface area contributed by atoms with Gasteiger partial charge in [-0.25, -0.2) is 0 Å². The van der Waals surface area contributed by atoms with Crippen molar-refractivity contribution in [2.75, 3.05) is 12.3 Å². The smallest absolute Gasteiger partial charge is 0.117 e. The molecule has 0 aliphatic carbocycles. The van der Waals surface area contributed by atoms with E-state index < -0.39 is 0 Å². The van der Waals surface area contributed by atoms with Crippen molar-refractivity contribution < 1.29 is 4.42 Å². The van der Waals surface area contributed by atoms with Crippen LogP contribution in [-0.4, -0.2) is 11.4 Å². The number of nitrogen functional groups attached to an aromatic ring is 1. The summed E-state index contributed by atoms with van der Waals surface area (Å²) in [6.45, 7) is 2.93. The maximum atomic E-state index is 5.80. The number of hydrogen-bond donors (Lipinski definition) is 1. The van der Waals surface area contributed by atoms with Gasteiger partial charge < -0.3 is 10.2 Å². The Morgan fingerprint density at radius 3 is 3.00 bits per heavy atom. The van der Waals surface area contributed by atoms with Crippen LogP contribution in [0.5, 0.6) is 0 Å². The first-order valence-electron chi connectivity index (χ1n) is 5.93. The maximum absolute atomic E-state index is 5.80. The molecule has 1 aromatic carbocycles.